The van der Waals surface area contributed by atoms with Gasteiger partial charge in [-0.2, -0.15) is 0 Å². The van der Waals surface area contributed by atoms with Crippen LogP contribution < -0.4 is 10.5 Å². The van der Waals surface area contributed by atoms with Crippen LogP contribution in [0.25, 0.3) is 0 Å². The van der Waals surface area contributed by atoms with Crippen LogP contribution >= 0.6 is 34.8 Å². The maximum atomic E-state index is 6.08. The number of nitrogens with two attached hydrogens (primary N) is 1. The van der Waals surface area contributed by atoms with Gasteiger partial charge in [0.15, 0.2) is 0 Å². The molecule has 2 N–H and O–H groups in total. The molecular formula is C14H12Cl3NO. The second kappa shape index (κ2) is 6.49. The molecule has 0 spiro atoms. The zero-order valence-electron chi connectivity index (χ0n) is 9.95. The van der Waals surface area contributed by atoms with Crippen molar-refractivity contribution >= 4 is 34.8 Å². The molecule has 5 heteroatoms. The van der Waals surface area contributed by atoms with Crippen LogP contribution in [0.15, 0.2) is 42.5 Å². The zero-order chi connectivity index (χ0) is 13.8. The van der Waals surface area contributed by atoms with Crippen LogP contribution in [0.1, 0.15) is 11.7 Å². The van der Waals surface area contributed by atoms with Gasteiger partial charge in [0.1, 0.15) is 11.9 Å². The molecule has 0 bridgehead atoms. The SMILES string of the molecule is NCC(Oc1cc(Cl)c(Cl)cc1Cl)c1ccccc1. The minimum atomic E-state index is -0.282. The van der Waals surface area contributed by atoms with E-state index in [-0.39, 0.29) is 6.10 Å². The van der Waals surface area contributed by atoms with Crippen LogP contribution in [0.5, 0.6) is 5.75 Å². The molecule has 0 heterocycles. The van der Waals surface area contributed by atoms with Crippen LogP contribution in [-0.4, -0.2) is 6.54 Å². The Bertz CT molecular complexity index is 560. The Hall–Kier alpha value is -0.930. The van der Waals surface area contributed by atoms with Gasteiger partial charge in [0.05, 0.1) is 15.1 Å². The zero-order valence-corrected chi connectivity index (χ0v) is 12.2. The van der Waals surface area contributed by atoms with Gasteiger partial charge < -0.3 is 10.5 Å². The maximum Gasteiger partial charge on any atom is 0.140 e. The van der Waals surface area contributed by atoms with Crippen molar-refractivity contribution in [2.24, 2.45) is 5.73 Å². The molecule has 0 fully saturated rings. The Labute approximate surface area is 127 Å². The monoisotopic (exact) mass is 315 g/mol. The molecule has 0 aliphatic heterocycles. The second-order valence-electron chi connectivity index (χ2n) is 3.95. The number of ether oxygens (including phenoxy) is 1. The van der Waals surface area contributed by atoms with E-state index < -0.39 is 0 Å². The Morgan fingerprint density at radius 3 is 2.21 bits per heavy atom. The lowest BCUT2D eigenvalue weighted by molar-refractivity contribution is 0.214. The molecule has 0 radical (unpaired) electrons. The van der Waals surface area contributed by atoms with E-state index in [2.05, 4.69) is 0 Å². The van der Waals surface area contributed by atoms with Crippen molar-refractivity contribution in [3.05, 3.63) is 63.1 Å². The van der Waals surface area contributed by atoms with E-state index in [9.17, 15) is 0 Å². The summed E-state index contributed by atoms with van der Waals surface area (Å²) in [4.78, 5) is 0. The third-order valence-electron chi connectivity index (χ3n) is 2.63. The molecule has 0 amide bonds. The minimum absolute atomic E-state index is 0.282. The Morgan fingerprint density at radius 2 is 1.58 bits per heavy atom. The normalized spacial score (nSPS) is 12.2. The highest BCUT2D eigenvalue weighted by molar-refractivity contribution is 6.43. The average molecular weight is 317 g/mol. The lowest BCUT2D eigenvalue weighted by Gasteiger charge is -2.19. The van der Waals surface area contributed by atoms with Gasteiger partial charge in [-0.05, 0) is 11.6 Å². The summed E-state index contributed by atoms with van der Waals surface area (Å²) >= 11 is 17.9. The number of hydrogen-bond donors (Lipinski definition) is 1. The van der Waals surface area contributed by atoms with E-state index in [1.807, 2.05) is 30.3 Å². The topological polar surface area (TPSA) is 35.2 Å². The van der Waals surface area contributed by atoms with Crippen LogP contribution in [0.2, 0.25) is 15.1 Å². The molecule has 0 saturated heterocycles. The number of hydrogen-bond acceptors (Lipinski definition) is 2. The molecule has 0 aliphatic carbocycles. The molecule has 2 rings (SSSR count). The first-order chi connectivity index (χ1) is 9.11. The summed E-state index contributed by atoms with van der Waals surface area (Å²) in [6.45, 7) is 0.334. The average Bonchev–Trinajstić information content (AvgIpc) is 2.42. The summed E-state index contributed by atoms with van der Waals surface area (Å²) < 4.78 is 5.82. The first-order valence-corrected chi connectivity index (χ1v) is 6.81. The number of benzene rings is 2. The van der Waals surface area contributed by atoms with Crippen molar-refractivity contribution in [2.45, 2.75) is 6.10 Å². The van der Waals surface area contributed by atoms with Crippen molar-refractivity contribution in [2.75, 3.05) is 6.54 Å². The first kappa shape index (κ1) is 14.5. The van der Waals surface area contributed by atoms with E-state index >= 15 is 0 Å². The van der Waals surface area contributed by atoms with E-state index in [4.69, 9.17) is 45.3 Å². The lowest BCUT2D eigenvalue weighted by Crippen LogP contribution is -2.18. The standard InChI is InChI=1S/C14H12Cl3NO/c15-10-6-12(17)13(7-11(10)16)19-14(8-18)9-4-2-1-3-5-9/h1-7,14H,8,18H2. The lowest BCUT2D eigenvalue weighted by atomic mass is 10.1. The first-order valence-electron chi connectivity index (χ1n) is 5.68. The predicted octanol–water partition coefficient (Wildman–Crippen LogP) is 4.73. The van der Waals surface area contributed by atoms with Gasteiger partial charge in [-0.3, -0.25) is 0 Å². The van der Waals surface area contributed by atoms with E-state index in [1.54, 1.807) is 12.1 Å². The van der Waals surface area contributed by atoms with Crippen LogP contribution in [-0.2, 0) is 0 Å². The largest absolute Gasteiger partial charge is 0.483 e. The summed E-state index contributed by atoms with van der Waals surface area (Å²) in [6.07, 6.45) is -0.282. The Morgan fingerprint density at radius 1 is 0.947 bits per heavy atom. The van der Waals surface area contributed by atoms with Crippen molar-refractivity contribution in [1.29, 1.82) is 0 Å². The highest BCUT2D eigenvalue weighted by atomic mass is 35.5. The van der Waals surface area contributed by atoms with Gasteiger partial charge in [-0.15, -0.1) is 0 Å². The molecule has 100 valence electrons. The van der Waals surface area contributed by atoms with Crippen molar-refractivity contribution < 1.29 is 4.74 Å². The summed E-state index contributed by atoms with van der Waals surface area (Å²) in [6, 6.07) is 12.8. The number of rotatable bonds is 4. The molecule has 2 nitrogen and oxygen atoms in total. The van der Waals surface area contributed by atoms with Crippen molar-refractivity contribution in [3.8, 4) is 5.75 Å². The smallest absolute Gasteiger partial charge is 0.140 e. The summed E-state index contributed by atoms with van der Waals surface area (Å²) in [5.74, 6) is 0.468. The van der Waals surface area contributed by atoms with Crippen LogP contribution in [0, 0.1) is 0 Å². The molecule has 0 aliphatic rings. The van der Waals surface area contributed by atoms with Crippen LogP contribution in [0.3, 0.4) is 0 Å². The third-order valence-corrected chi connectivity index (χ3v) is 3.65. The molecular weight excluding hydrogens is 305 g/mol. The quantitative estimate of drug-likeness (QED) is 0.828. The van der Waals surface area contributed by atoms with E-state index in [0.29, 0.717) is 27.4 Å². The van der Waals surface area contributed by atoms with Crippen molar-refractivity contribution in [1.82, 2.24) is 0 Å². The van der Waals surface area contributed by atoms with E-state index in [1.165, 1.54) is 0 Å². The van der Waals surface area contributed by atoms with Gasteiger partial charge in [0, 0.05) is 12.6 Å². The van der Waals surface area contributed by atoms with Crippen LogP contribution in [0.4, 0.5) is 0 Å². The Balaban J connectivity index is 2.26. The number of halogens is 3. The van der Waals surface area contributed by atoms with Gasteiger partial charge in [-0.25, -0.2) is 0 Å². The highest BCUT2D eigenvalue weighted by Gasteiger charge is 2.14. The minimum Gasteiger partial charge on any atom is -0.483 e. The predicted molar refractivity (Wildman–Crippen MR) is 80.3 cm³/mol. The molecule has 19 heavy (non-hydrogen) atoms. The molecule has 0 saturated carbocycles. The second-order valence-corrected chi connectivity index (χ2v) is 5.17. The van der Waals surface area contributed by atoms with Gasteiger partial charge in [0.25, 0.3) is 0 Å². The van der Waals surface area contributed by atoms with Gasteiger partial charge in [0.2, 0.25) is 0 Å². The van der Waals surface area contributed by atoms with Gasteiger partial charge in [-0.1, -0.05) is 65.1 Å². The Kier molecular flexibility index (Phi) is 4.94. The van der Waals surface area contributed by atoms with Crippen molar-refractivity contribution in [3.63, 3.8) is 0 Å². The summed E-state index contributed by atoms with van der Waals surface area (Å²) in [7, 11) is 0. The fourth-order valence-electron chi connectivity index (χ4n) is 1.67. The third kappa shape index (κ3) is 3.54. The molecule has 2 aromatic rings. The molecule has 1 unspecified atom stereocenters. The summed E-state index contributed by atoms with van der Waals surface area (Å²) in [5, 5.41) is 1.19. The maximum absolute atomic E-state index is 6.08. The molecule has 1 atom stereocenters. The van der Waals surface area contributed by atoms with E-state index in [0.717, 1.165) is 5.56 Å². The highest BCUT2D eigenvalue weighted by Crippen LogP contribution is 2.35. The fourth-order valence-corrected chi connectivity index (χ4v) is 2.25. The fraction of sp³-hybridized carbons (Fsp3) is 0.143. The molecule has 0 aromatic heterocycles. The molecule has 2 aromatic carbocycles. The summed E-state index contributed by atoms with van der Waals surface area (Å²) in [5.41, 5.74) is 6.72. The van der Waals surface area contributed by atoms with Gasteiger partial charge >= 0.3 is 0 Å².